The monoisotopic (exact) mass is 577 g/mol. The van der Waals surface area contributed by atoms with Gasteiger partial charge in [-0.3, -0.25) is 4.79 Å². The molecule has 0 radical (unpaired) electrons. The van der Waals surface area contributed by atoms with E-state index < -0.39 is 0 Å². The smallest absolute Gasteiger partial charge is 0.248 e. The fourth-order valence-corrected chi connectivity index (χ4v) is 4.04. The number of hydrogen-bond acceptors (Lipinski definition) is 3. The Labute approximate surface area is 198 Å². The van der Waals surface area contributed by atoms with Gasteiger partial charge >= 0.3 is 0 Å². The van der Waals surface area contributed by atoms with Crippen molar-refractivity contribution in [3.63, 3.8) is 0 Å². The van der Waals surface area contributed by atoms with Crippen molar-refractivity contribution in [1.82, 2.24) is 0 Å². The summed E-state index contributed by atoms with van der Waals surface area (Å²) in [6, 6.07) is 19.5. The molecule has 0 fully saturated rings. The molecule has 0 atom stereocenters. The fraction of sp³-hybridized carbons (Fsp3) is 0.125. The Morgan fingerprint density at radius 1 is 1.13 bits per heavy atom. The third kappa shape index (κ3) is 6.09. The van der Waals surface area contributed by atoms with Crippen molar-refractivity contribution in [3.05, 3.63) is 91.5 Å². The Balaban J connectivity index is 1.71. The van der Waals surface area contributed by atoms with E-state index >= 15 is 0 Å². The van der Waals surface area contributed by atoms with Crippen molar-refractivity contribution in [3.8, 4) is 11.5 Å². The second-order valence-electron chi connectivity index (χ2n) is 6.59. The predicted molar refractivity (Wildman–Crippen MR) is 133 cm³/mol. The molecule has 0 bridgehead atoms. The lowest BCUT2D eigenvalue weighted by atomic mass is 10.1. The molecule has 0 saturated carbocycles. The van der Waals surface area contributed by atoms with Crippen LogP contribution in [0.25, 0.3) is 6.08 Å². The number of rotatable bonds is 7. The number of benzene rings is 3. The quantitative estimate of drug-likeness (QED) is 0.254. The molecule has 0 unspecified atom stereocenters. The fourth-order valence-electron chi connectivity index (χ4n) is 2.82. The minimum absolute atomic E-state index is 0.196. The van der Waals surface area contributed by atoms with Crippen LogP contribution in [0.15, 0.2) is 71.2 Å². The van der Waals surface area contributed by atoms with Crippen LogP contribution in [0.4, 0.5) is 5.69 Å². The average Bonchev–Trinajstić information content (AvgIpc) is 2.74. The van der Waals surface area contributed by atoms with E-state index in [2.05, 4.69) is 43.8 Å². The summed E-state index contributed by atoms with van der Waals surface area (Å²) < 4.78 is 13.3. The number of carbonyl (C=O) groups is 1. The van der Waals surface area contributed by atoms with E-state index in [1.165, 1.54) is 6.08 Å². The highest BCUT2D eigenvalue weighted by molar-refractivity contribution is 14.1. The summed E-state index contributed by atoms with van der Waals surface area (Å²) in [5.74, 6) is 1.02. The van der Waals surface area contributed by atoms with Crippen LogP contribution in [0.1, 0.15) is 16.7 Å². The van der Waals surface area contributed by atoms with Crippen molar-refractivity contribution < 1.29 is 14.3 Å². The van der Waals surface area contributed by atoms with Gasteiger partial charge in [0.1, 0.15) is 6.61 Å². The summed E-state index contributed by atoms with van der Waals surface area (Å²) >= 11 is 5.80. The summed E-state index contributed by atoms with van der Waals surface area (Å²) in [5.41, 5.74) is 3.71. The molecule has 3 rings (SSSR count). The van der Waals surface area contributed by atoms with E-state index in [1.807, 2.05) is 67.6 Å². The van der Waals surface area contributed by atoms with Crippen LogP contribution in [-0.2, 0) is 11.4 Å². The van der Waals surface area contributed by atoms with E-state index in [0.29, 0.717) is 18.1 Å². The third-order valence-corrected chi connectivity index (χ3v) is 5.61. The standard InChI is InChI=1S/C24H21BrINO3/c1-16-12-19(26)9-10-21(16)27-23(28)11-8-18-13-20(25)24(22(14-18)29-2)30-15-17-6-4-3-5-7-17/h3-14H,15H2,1-2H3,(H,27,28)/b11-8+. The van der Waals surface area contributed by atoms with Crippen molar-refractivity contribution in [2.75, 3.05) is 12.4 Å². The predicted octanol–water partition coefficient (Wildman–Crippen LogP) is 6.60. The minimum atomic E-state index is -0.196. The van der Waals surface area contributed by atoms with Crippen LogP contribution in [0.2, 0.25) is 0 Å². The van der Waals surface area contributed by atoms with Gasteiger partial charge < -0.3 is 14.8 Å². The van der Waals surface area contributed by atoms with Crippen molar-refractivity contribution in [2.45, 2.75) is 13.5 Å². The van der Waals surface area contributed by atoms with Gasteiger partial charge in [-0.1, -0.05) is 30.3 Å². The Kier molecular flexibility index (Phi) is 7.93. The lowest BCUT2D eigenvalue weighted by molar-refractivity contribution is -0.111. The summed E-state index contributed by atoms with van der Waals surface area (Å²) in [7, 11) is 1.59. The van der Waals surface area contributed by atoms with Crippen molar-refractivity contribution in [2.24, 2.45) is 0 Å². The number of amides is 1. The van der Waals surface area contributed by atoms with Crippen LogP contribution >= 0.6 is 38.5 Å². The molecule has 0 aromatic heterocycles. The largest absolute Gasteiger partial charge is 0.493 e. The van der Waals surface area contributed by atoms with Gasteiger partial charge in [0.05, 0.1) is 11.6 Å². The van der Waals surface area contributed by atoms with E-state index in [4.69, 9.17) is 9.47 Å². The summed E-state index contributed by atoms with van der Waals surface area (Å²) in [4.78, 5) is 12.3. The lowest BCUT2D eigenvalue weighted by Crippen LogP contribution is -2.09. The summed E-state index contributed by atoms with van der Waals surface area (Å²) in [6.45, 7) is 2.40. The Morgan fingerprint density at radius 2 is 1.90 bits per heavy atom. The molecule has 30 heavy (non-hydrogen) atoms. The highest BCUT2D eigenvalue weighted by atomic mass is 127. The lowest BCUT2D eigenvalue weighted by Gasteiger charge is -2.13. The van der Waals surface area contributed by atoms with Crippen LogP contribution in [0.5, 0.6) is 11.5 Å². The number of nitrogens with one attached hydrogen (secondary N) is 1. The maximum absolute atomic E-state index is 12.3. The normalized spacial score (nSPS) is 10.8. The number of methoxy groups -OCH3 is 1. The highest BCUT2D eigenvalue weighted by Crippen LogP contribution is 2.37. The van der Waals surface area contributed by atoms with Crippen molar-refractivity contribution in [1.29, 1.82) is 0 Å². The molecule has 0 aliphatic heterocycles. The molecule has 0 saturated heterocycles. The zero-order chi connectivity index (χ0) is 21.5. The molecule has 0 heterocycles. The van der Waals surface area contributed by atoms with E-state index in [9.17, 15) is 4.79 Å². The van der Waals surface area contributed by atoms with Gasteiger partial charge in [-0.15, -0.1) is 0 Å². The first-order valence-corrected chi connectivity index (χ1v) is 11.1. The molecule has 3 aromatic carbocycles. The maximum Gasteiger partial charge on any atom is 0.248 e. The van der Waals surface area contributed by atoms with Gasteiger partial charge in [0, 0.05) is 15.3 Å². The molecule has 0 aliphatic carbocycles. The molecule has 0 spiro atoms. The number of anilines is 1. The topological polar surface area (TPSA) is 47.6 Å². The first-order chi connectivity index (χ1) is 14.5. The Hall–Kier alpha value is -2.32. The second-order valence-corrected chi connectivity index (χ2v) is 8.69. The number of aryl methyl sites for hydroxylation is 1. The van der Waals surface area contributed by atoms with Gasteiger partial charge in [0.15, 0.2) is 11.5 Å². The van der Waals surface area contributed by atoms with E-state index in [-0.39, 0.29) is 5.91 Å². The van der Waals surface area contributed by atoms with E-state index in [0.717, 1.165) is 30.4 Å². The number of ether oxygens (including phenoxy) is 2. The van der Waals surface area contributed by atoms with Gasteiger partial charge in [-0.2, -0.15) is 0 Å². The zero-order valence-corrected chi connectivity index (χ0v) is 20.4. The minimum Gasteiger partial charge on any atom is -0.493 e. The molecule has 4 nitrogen and oxygen atoms in total. The molecular formula is C24H21BrINO3. The number of carbonyl (C=O) groups excluding carboxylic acids is 1. The van der Waals surface area contributed by atoms with Gasteiger partial charge in [0.2, 0.25) is 5.91 Å². The number of hydrogen-bond donors (Lipinski definition) is 1. The molecular weight excluding hydrogens is 557 g/mol. The molecule has 154 valence electrons. The van der Waals surface area contributed by atoms with Gasteiger partial charge in [0.25, 0.3) is 0 Å². The first-order valence-electron chi connectivity index (χ1n) is 9.25. The summed E-state index contributed by atoms with van der Waals surface area (Å²) in [5, 5.41) is 2.90. The molecule has 6 heteroatoms. The van der Waals surface area contributed by atoms with Crippen molar-refractivity contribution >= 4 is 56.2 Å². The zero-order valence-electron chi connectivity index (χ0n) is 16.6. The third-order valence-electron chi connectivity index (χ3n) is 4.35. The Morgan fingerprint density at radius 3 is 2.60 bits per heavy atom. The van der Waals surface area contributed by atoms with Crippen LogP contribution in [0.3, 0.4) is 0 Å². The molecule has 1 amide bonds. The SMILES string of the molecule is COc1cc(/C=C/C(=O)Nc2ccc(I)cc2C)cc(Br)c1OCc1ccccc1. The summed E-state index contributed by atoms with van der Waals surface area (Å²) in [6.07, 6.45) is 3.24. The highest BCUT2D eigenvalue weighted by Gasteiger charge is 2.11. The second kappa shape index (κ2) is 10.6. The van der Waals surface area contributed by atoms with Gasteiger partial charge in [-0.25, -0.2) is 0 Å². The van der Waals surface area contributed by atoms with Crippen LogP contribution in [-0.4, -0.2) is 13.0 Å². The molecule has 3 aromatic rings. The maximum atomic E-state index is 12.3. The first kappa shape index (κ1) is 22.4. The average molecular weight is 578 g/mol. The number of halogens is 2. The van der Waals surface area contributed by atoms with Gasteiger partial charge in [-0.05, 0) is 98.5 Å². The van der Waals surface area contributed by atoms with Crippen LogP contribution in [0, 0.1) is 10.5 Å². The molecule has 1 N–H and O–H groups in total. The Bertz CT molecular complexity index is 1070. The van der Waals surface area contributed by atoms with Crippen LogP contribution < -0.4 is 14.8 Å². The van der Waals surface area contributed by atoms with E-state index in [1.54, 1.807) is 13.2 Å². The molecule has 0 aliphatic rings.